The molecule has 0 spiro atoms. The second-order valence-corrected chi connectivity index (χ2v) is 9.59. The summed E-state index contributed by atoms with van der Waals surface area (Å²) in [5, 5.41) is 0.145. The van der Waals surface area contributed by atoms with Crippen molar-refractivity contribution < 1.29 is 0 Å². The summed E-state index contributed by atoms with van der Waals surface area (Å²) in [5.74, 6) is 0.627. The molecule has 0 aromatic heterocycles. The Morgan fingerprint density at radius 1 is 0.655 bits per heavy atom. The molecule has 0 radical (unpaired) electrons. The Balaban J connectivity index is 1.90. The van der Waals surface area contributed by atoms with E-state index in [0.29, 0.717) is 5.92 Å². The second kappa shape index (κ2) is 11.3. The Labute approximate surface area is 180 Å². The first-order valence-corrected chi connectivity index (χ1v) is 11.7. The van der Waals surface area contributed by atoms with Crippen LogP contribution in [-0.2, 0) is 19.3 Å². The smallest absolute Gasteiger partial charge is 0.00385 e. The van der Waals surface area contributed by atoms with E-state index in [9.17, 15) is 0 Å². The Morgan fingerprint density at radius 2 is 1.10 bits per heavy atom. The molecular formula is C28H35P. The van der Waals surface area contributed by atoms with E-state index < -0.39 is 0 Å². The molecule has 2 unspecified atom stereocenters. The van der Waals surface area contributed by atoms with Gasteiger partial charge in [-0.05, 0) is 53.4 Å². The third-order valence-corrected chi connectivity index (χ3v) is 6.93. The van der Waals surface area contributed by atoms with Gasteiger partial charge in [-0.15, -0.1) is 9.24 Å². The Kier molecular flexibility index (Phi) is 8.51. The Bertz CT molecular complexity index is 769. The summed E-state index contributed by atoms with van der Waals surface area (Å²) in [6.07, 6.45) is 8.53. The minimum absolute atomic E-state index is 0.145. The topological polar surface area (TPSA) is 0 Å². The first-order chi connectivity index (χ1) is 14.2. The van der Waals surface area contributed by atoms with Crippen molar-refractivity contribution in [3.05, 3.63) is 108 Å². The summed E-state index contributed by atoms with van der Waals surface area (Å²) in [6.45, 7) is 2.30. The van der Waals surface area contributed by atoms with E-state index >= 15 is 0 Å². The quantitative estimate of drug-likeness (QED) is 0.230. The van der Waals surface area contributed by atoms with E-state index in [1.54, 1.807) is 0 Å². The Hall–Kier alpha value is -1.91. The molecule has 0 fully saturated rings. The zero-order valence-corrected chi connectivity index (χ0v) is 18.9. The van der Waals surface area contributed by atoms with E-state index in [0.717, 1.165) is 19.3 Å². The molecule has 2 atom stereocenters. The van der Waals surface area contributed by atoms with Crippen LogP contribution >= 0.6 is 9.24 Å². The van der Waals surface area contributed by atoms with E-state index in [2.05, 4.69) is 107 Å². The highest BCUT2D eigenvalue weighted by molar-refractivity contribution is 7.19. The molecule has 0 amide bonds. The molecule has 0 aliphatic rings. The number of unbranched alkanes of at least 4 members (excludes halogenated alkanes) is 2. The molecule has 3 aromatic carbocycles. The lowest BCUT2D eigenvalue weighted by Crippen LogP contribution is -2.38. The fraction of sp³-hybridized carbons (Fsp3) is 0.357. The molecule has 0 aliphatic carbocycles. The van der Waals surface area contributed by atoms with E-state index in [4.69, 9.17) is 0 Å². The van der Waals surface area contributed by atoms with Crippen LogP contribution in [0.4, 0.5) is 0 Å². The highest BCUT2D eigenvalue weighted by atomic mass is 31.0. The molecule has 1 heteroatoms. The number of hydrogen-bond donors (Lipinski definition) is 0. The van der Waals surface area contributed by atoms with Crippen LogP contribution in [0.3, 0.4) is 0 Å². The van der Waals surface area contributed by atoms with Crippen LogP contribution in [0.1, 0.15) is 49.3 Å². The molecule has 152 valence electrons. The van der Waals surface area contributed by atoms with Gasteiger partial charge in [-0.25, -0.2) is 0 Å². The molecule has 29 heavy (non-hydrogen) atoms. The van der Waals surface area contributed by atoms with Gasteiger partial charge in [0.05, 0.1) is 0 Å². The summed E-state index contributed by atoms with van der Waals surface area (Å²) in [7, 11) is 3.33. The van der Waals surface area contributed by atoms with Gasteiger partial charge < -0.3 is 0 Å². The normalized spacial score (nSPS) is 12.6. The second-order valence-electron chi connectivity index (χ2n) is 8.44. The average Bonchev–Trinajstić information content (AvgIpc) is 2.75. The maximum atomic E-state index is 3.33. The lowest BCUT2D eigenvalue weighted by molar-refractivity contribution is 0.332. The van der Waals surface area contributed by atoms with Crippen molar-refractivity contribution in [1.82, 2.24) is 0 Å². The summed E-state index contributed by atoms with van der Waals surface area (Å²) in [6, 6.07) is 33.1. The lowest BCUT2D eigenvalue weighted by atomic mass is 9.75. The molecule has 3 rings (SSSR count). The van der Waals surface area contributed by atoms with Crippen molar-refractivity contribution in [3.63, 3.8) is 0 Å². The van der Waals surface area contributed by atoms with Crippen LogP contribution in [0.15, 0.2) is 91.0 Å². The van der Waals surface area contributed by atoms with Crippen molar-refractivity contribution in [3.8, 4) is 0 Å². The summed E-state index contributed by atoms with van der Waals surface area (Å²) in [4.78, 5) is 0. The largest absolute Gasteiger partial charge is 0.130 e. The summed E-state index contributed by atoms with van der Waals surface area (Å²) < 4.78 is 0. The highest BCUT2D eigenvalue weighted by Gasteiger charge is 2.34. The van der Waals surface area contributed by atoms with E-state index in [1.165, 1.54) is 42.4 Å². The van der Waals surface area contributed by atoms with Crippen molar-refractivity contribution in [2.75, 3.05) is 0 Å². The van der Waals surface area contributed by atoms with Crippen molar-refractivity contribution in [2.45, 2.75) is 57.0 Å². The minimum atomic E-state index is 0.145. The zero-order chi connectivity index (χ0) is 20.4. The molecule has 0 heterocycles. The number of hydrogen-bond acceptors (Lipinski definition) is 0. The third kappa shape index (κ3) is 6.83. The van der Waals surface area contributed by atoms with Crippen LogP contribution in [0.25, 0.3) is 0 Å². The SMILES string of the molecule is CCCCCC(Cc1ccccc1)C(P)(Cc1ccccc1)Cc1ccccc1. The Morgan fingerprint density at radius 3 is 1.55 bits per heavy atom. The monoisotopic (exact) mass is 402 g/mol. The predicted molar refractivity (Wildman–Crippen MR) is 131 cm³/mol. The molecule has 0 bridgehead atoms. The third-order valence-electron chi connectivity index (χ3n) is 6.05. The van der Waals surface area contributed by atoms with Crippen molar-refractivity contribution in [2.24, 2.45) is 5.92 Å². The summed E-state index contributed by atoms with van der Waals surface area (Å²) >= 11 is 0. The molecule has 0 nitrogen and oxygen atoms in total. The van der Waals surface area contributed by atoms with Crippen LogP contribution in [-0.4, -0.2) is 5.16 Å². The molecule has 0 saturated carbocycles. The first kappa shape index (κ1) is 21.8. The van der Waals surface area contributed by atoms with Crippen LogP contribution in [0, 0.1) is 5.92 Å². The maximum Gasteiger partial charge on any atom is -0.00385 e. The van der Waals surface area contributed by atoms with Gasteiger partial charge in [0.1, 0.15) is 0 Å². The van der Waals surface area contributed by atoms with Gasteiger partial charge in [0.15, 0.2) is 0 Å². The van der Waals surface area contributed by atoms with Crippen molar-refractivity contribution >= 4 is 9.24 Å². The van der Waals surface area contributed by atoms with E-state index in [-0.39, 0.29) is 5.16 Å². The zero-order valence-electron chi connectivity index (χ0n) is 17.8. The van der Waals surface area contributed by atoms with Gasteiger partial charge in [0, 0.05) is 0 Å². The summed E-state index contributed by atoms with van der Waals surface area (Å²) in [5.41, 5.74) is 4.33. The lowest BCUT2D eigenvalue weighted by Gasteiger charge is -2.39. The van der Waals surface area contributed by atoms with E-state index in [1.807, 2.05) is 0 Å². The fourth-order valence-electron chi connectivity index (χ4n) is 4.44. The van der Waals surface area contributed by atoms with Gasteiger partial charge >= 0.3 is 0 Å². The first-order valence-electron chi connectivity index (χ1n) is 11.1. The minimum Gasteiger partial charge on any atom is -0.130 e. The predicted octanol–water partition coefficient (Wildman–Crippen LogP) is 7.52. The molecule has 0 N–H and O–H groups in total. The standard InChI is InChI=1S/C28H35P/c1-2-3-7-20-27(21-24-14-8-4-9-15-24)28(29,22-25-16-10-5-11-17-25)23-26-18-12-6-13-19-26/h4-6,8-19,27H,2-3,7,20-23,29H2,1H3. The fourth-order valence-corrected chi connectivity index (χ4v) is 5.19. The van der Waals surface area contributed by atoms with Gasteiger partial charge in [-0.2, -0.15) is 0 Å². The van der Waals surface area contributed by atoms with Crippen LogP contribution < -0.4 is 0 Å². The molecular weight excluding hydrogens is 367 g/mol. The van der Waals surface area contributed by atoms with Crippen LogP contribution in [0.2, 0.25) is 0 Å². The molecule has 0 saturated heterocycles. The average molecular weight is 403 g/mol. The maximum absolute atomic E-state index is 3.33. The number of rotatable bonds is 11. The van der Waals surface area contributed by atoms with Crippen molar-refractivity contribution in [1.29, 1.82) is 0 Å². The van der Waals surface area contributed by atoms with Gasteiger partial charge in [0.25, 0.3) is 0 Å². The molecule has 0 aliphatic heterocycles. The number of benzene rings is 3. The molecule has 3 aromatic rings. The van der Waals surface area contributed by atoms with Gasteiger partial charge in [-0.1, -0.05) is 117 Å². The highest BCUT2D eigenvalue weighted by Crippen LogP contribution is 2.40. The van der Waals surface area contributed by atoms with Crippen LogP contribution in [0.5, 0.6) is 0 Å². The van der Waals surface area contributed by atoms with Gasteiger partial charge in [-0.3, -0.25) is 0 Å². The van der Waals surface area contributed by atoms with Gasteiger partial charge in [0.2, 0.25) is 0 Å².